The number of benzene rings is 2. The van der Waals surface area contributed by atoms with Gasteiger partial charge in [0.1, 0.15) is 11.4 Å². The van der Waals surface area contributed by atoms with Crippen LogP contribution in [0.2, 0.25) is 0 Å². The van der Waals surface area contributed by atoms with Gasteiger partial charge in [0.05, 0.1) is 12.3 Å². The number of carbonyl (C=O) groups is 1. The van der Waals surface area contributed by atoms with Gasteiger partial charge in [0.2, 0.25) is 0 Å². The number of rotatable bonds is 6. The largest absolute Gasteiger partial charge is 0.573 e. The third kappa shape index (κ3) is 4.74. The summed E-state index contributed by atoms with van der Waals surface area (Å²) < 4.78 is 47.1. The summed E-state index contributed by atoms with van der Waals surface area (Å²) >= 11 is 0. The SMILES string of the molecule is CCOC(=O)c1cccc(Cc2c(-c3ccccc3)[nH]c3cc(OC(F)(F)F)ccc23)n1. The van der Waals surface area contributed by atoms with Crippen LogP contribution in [0.4, 0.5) is 13.2 Å². The number of hydrogen-bond acceptors (Lipinski definition) is 4. The van der Waals surface area contributed by atoms with Gasteiger partial charge in [-0.1, -0.05) is 36.4 Å². The summed E-state index contributed by atoms with van der Waals surface area (Å²) in [6, 6.07) is 18.7. The van der Waals surface area contributed by atoms with Crippen LogP contribution in [0.3, 0.4) is 0 Å². The van der Waals surface area contributed by atoms with E-state index in [2.05, 4.69) is 14.7 Å². The van der Waals surface area contributed by atoms with E-state index in [0.717, 1.165) is 22.2 Å². The lowest BCUT2D eigenvalue weighted by Gasteiger charge is -2.09. The first-order valence-corrected chi connectivity index (χ1v) is 9.93. The van der Waals surface area contributed by atoms with Gasteiger partial charge in [-0.2, -0.15) is 0 Å². The van der Waals surface area contributed by atoms with E-state index in [0.29, 0.717) is 17.6 Å². The molecule has 0 atom stereocenters. The molecule has 0 saturated carbocycles. The van der Waals surface area contributed by atoms with E-state index in [9.17, 15) is 18.0 Å². The van der Waals surface area contributed by atoms with Gasteiger partial charge in [-0.3, -0.25) is 0 Å². The van der Waals surface area contributed by atoms with E-state index in [-0.39, 0.29) is 18.1 Å². The van der Waals surface area contributed by atoms with Crippen LogP contribution in [0.25, 0.3) is 22.2 Å². The lowest BCUT2D eigenvalue weighted by atomic mass is 10.0. The highest BCUT2D eigenvalue weighted by atomic mass is 19.4. The van der Waals surface area contributed by atoms with Crippen molar-refractivity contribution in [1.29, 1.82) is 0 Å². The maximum absolute atomic E-state index is 12.7. The molecule has 0 aliphatic heterocycles. The van der Waals surface area contributed by atoms with Crippen LogP contribution in [0.1, 0.15) is 28.7 Å². The highest BCUT2D eigenvalue weighted by molar-refractivity contribution is 5.92. The minimum Gasteiger partial charge on any atom is -0.461 e. The molecule has 8 heteroatoms. The number of nitrogens with zero attached hydrogens (tertiary/aromatic N) is 1. The van der Waals surface area contributed by atoms with Gasteiger partial charge in [-0.15, -0.1) is 13.2 Å². The number of aromatic amines is 1. The summed E-state index contributed by atoms with van der Waals surface area (Å²) in [7, 11) is 0. The van der Waals surface area contributed by atoms with Crippen molar-refractivity contribution in [2.75, 3.05) is 6.61 Å². The molecule has 32 heavy (non-hydrogen) atoms. The lowest BCUT2D eigenvalue weighted by molar-refractivity contribution is -0.274. The molecule has 4 rings (SSSR count). The average Bonchev–Trinajstić information content (AvgIpc) is 3.11. The zero-order chi connectivity index (χ0) is 22.7. The van der Waals surface area contributed by atoms with Gasteiger partial charge in [0, 0.05) is 29.1 Å². The van der Waals surface area contributed by atoms with Crippen LogP contribution in [0.5, 0.6) is 5.75 Å². The summed E-state index contributed by atoms with van der Waals surface area (Å²) in [4.78, 5) is 19.7. The molecule has 1 N–H and O–H groups in total. The molecule has 0 fully saturated rings. The number of pyridine rings is 1. The standard InChI is InChI=1S/C24H19F3N2O3/c1-2-31-23(30)20-10-6-9-16(28-20)13-19-18-12-11-17(32-24(25,26)27)14-21(18)29-22(19)15-7-4-3-5-8-15/h3-12,14,29H,2,13H2,1H3. The van der Waals surface area contributed by atoms with Crippen molar-refractivity contribution in [1.82, 2.24) is 9.97 Å². The maximum atomic E-state index is 12.7. The van der Waals surface area contributed by atoms with Crippen LogP contribution >= 0.6 is 0 Å². The van der Waals surface area contributed by atoms with Crippen molar-refractivity contribution >= 4 is 16.9 Å². The Balaban J connectivity index is 1.78. The first-order chi connectivity index (χ1) is 15.3. The fourth-order valence-electron chi connectivity index (χ4n) is 3.54. The number of hydrogen-bond donors (Lipinski definition) is 1. The number of halogens is 3. The van der Waals surface area contributed by atoms with Crippen molar-refractivity contribution in [3.63, 3.8) is 0 Å². The summed E-state index contributed by atoms with van der Waals surface area (Å²) in [5.41, 5.74) is 3.81. The van der Waals surface area contributed by atoms with Crippen LogP contribution < -0.4 is 4.74 Å². The zero-order valence-electron chi connectivity index (χ0n) is 17.1. The van der Waals surface area contributed by atoms with E-state index in [1.54, 1.807) is 31.2 Å². The molecule has 0 unspecified atom stereocenters. The molecular weight excluding hydrogens is 421 g/mol. The Bertz CT molecular complexity index is 1250. The number of fused-ring (bicyclic) bond motifs is 1. The monoisotopic (exact) mass is 440 g/mol. The van der Waals surface area contributed by atoms with E-state index >= 15 is 0 Å². The summed E-state index contributed by atoms with van der Waals surface area (Å²) in [5.74, 6) is -0.814. The second kappa shape index (κ2) is 8.74. The molecule has 2 aromatic heterocycles. The minimum atomic E-state index is -4.77. The number of alkyl halides is 3. The Hall–Kier alpha value is -3.81. The molecule has 4 aromatic rings. The third-order valence-electron chi connectivity index (χ3n) is 4.82. The Morgan fingerprint density at radius 1 is 1.03 bits per heavy atom. The number of carbonyl (C=O) groups excluding carboxylic acids is 1. The highest BCUT2D eigenvalue weighted by Crippen LogP contribution is 2.34. The molecule has 2 heterocycles. The van der Waals surface area contributed by atoms with Crippen molar-refractivity contribution in [2.24, 2.45) is 0 Å². The third-order valence-corrected chi connectivity index (χ3v) is 4.82. The number of H-pyrrole nitrogens is 1. The van der Waals surface area contributed by atoms with E-state index in [1.807, 2.05) is 30.3 Å². The second-order valence-electron chi connectivity index (χ2n) is 7.01. The van der Waals surface area contributed by atoms with Gasteiger partial charge in [0.15, 0.2) is 0 Å². The smallest absolute Gasteiger partial charge is 0.461 e. The quantitative estimate of drug-likeness (QED) is 0.380. The molecule has 0 bridgehead atoms. The zero-order valence-corrected chi connectivity index (χ0v) is 17.1. The maximum Gasteiger partial charge on any atom is 0.573 e. The predicted molar refractivity (Wildman–Crippen MR) is 113 cm³/mol. The number of ether oxygens (including phenoxy) is 2. The summed E-state index contributed by atoms with van der Waals surface area (Å²) in [6.07, 6.45) is -4.42. The average molecular weight is 440 g/mol. The molecule has 0 aliphatic carbocycles. The predicted octanol–water partition coefficient (Wildman–Crippen LogP) is 5.90. The Kier molecular flexibility index (Phi) is 5.85. The van der Waals surface area contributed by atoms with E-state index in [1.165, 1.54) is 12.1 Å². The van der Waals surface area contributed by atoms with Crippen LogP contribution in [-0.4, -0.2) is 28.9 Å². The molecule has 0 saturated heterocycles. The van der Waals surface area contributed by atoms with Crippen molar-refractivity contribution < 1.29 is 27.4 Å². The molecule has 0 radical (unpaired) electrons. The molecular formula is C24H19F3N2O3. The molecule has 5 nitrogen and oxygen atoms in total. The summed E-state index contributed by atoms with van der Waals surface area (Å²) in [6.45, 7) is 1.96. The van der Waals surface area contributed by atoms with Crippen LogP contribution in [0, 0.1) is 0 Å². The van der Waals surface area contributed by atoms with Gasteiger partial charge < -0.3 is 14.5 Å². The first-order valence-electron chi connectivity index (χ1n) is 9.93. The van der Waals surface area contributed by atoms with Crippen LogP contribution in [-0.2, 0) is 11.2 Å². The molecule has 164 valence electrons. The number of esters is 1. The number of nitrogens with one attached hydrogen (secondary N) is 1. The Labute approximate surface area is 181 Å². The van der Waals surface area contributed by atoms with Crippen molar-refractivity contribution in [3.8, 4) is 17.0 Å². The van der Waals surface area contributed by atoms with E-state index < -0.39 is 12.3 Å². The molecule has 0 aliphatic rings. The second-order valence-corrected chi connectivity index (χ2v) is 7.01. The minimum absolute atomic E-state index is 0.200. The first kappa shape index (κ1) is 21.4. The fourth-order valence-corrected chi connectivity index (χ4v) is 3.54. The lowest BCUT2D eigenvalue weighted by Crippen LogP contribution is -2.16. The van der Waals surface area contributed by atoms with E-state index in [4.69, 9.17) is 4.74 Å². The molecule has 2 aromatic carbocycles. The Morgan fingerprint density at radius 2 is 1.81 bits per heavy atom. The fraction of sp³-hybridized carbons (Fsp3) is 0.167. The van der Waals surface area contributed by atoms with Crippen LogP contribution in [0.15, 0.2) is 66.7 Å². The number of aromatic nitrogens is 2. The molecule has 0 amide bonds. The van der Waals surface area contributed by atoms with Gasteiger partial charge in [-0.05, 0) is 42.3 Å². The summed E-state index contributed by atoms with van der Waals surface area (Å²) in [5, 5.41) is 0.738. The van der Waals surface area contributed by atoms with Gasteiger partial charge >= 0.3 is 12.3 Å². The highest BCUT2D eigenvalue weighted by Gasteiger charge is 2.31. The van der Waals surface area contributed by atoms with Crippen molar-refractivity contribution in [3.05, 3.63) is 83.7 Å². The molecule has 0 spiro atoms. The Morgan fingerprint density at radius 3 is 2.53 bits per heavy atom. The van der Waals surface area contributed by atoms with Gasteiger partial charge in [-0.25, -0.2) is 9.78 Å². The topological polar surface area (TPSA) is 64.2 Å². The normalized spacial score (nSPS) is 11.5. The van der Waals surface area contributed by atoms with Crippen molar-refractivity contribution in [2.45, 2.75) is 19.7 Å². The van der Waals surface area contributed by atoms with Gasteiger partial charge in [0.25, 0.3) is 0 Å².